The Morgan fingerprint density at radius 3 is 2.67 bits per heavy atom. The molecule has 1 heterocycles. The zero-order valence-corrected chi connectivity index (χ0v) is 9.04. The molecule has 0 spiro atoms. The monoisotopic (exact) mass is 222 g/mol. The summed E-state index contributed by atoms with van der Waals surface area (Å²) in [7, 11) is 0. The summed E-state index contributed by atoms with van der Waals surface area (Å²) in [5.74, 6) is 0. The largest absolute Gasteiger partial charge is 0.225 e. The number of thioether (sulfide) groups is 1. The van der Waals surface area contributed by atoms with Crippen molar-refractivity contribution in [3.05, 3.63) is 16.5 Å². The highest BCUT2D eigenvalue weighted by molar-refractivity contribution is 7.99. The summed E-state index contributed by atoms with van der Waals surface area (Å²) < 4.78 is 0. The first kappa shape index (κ1) is 10.1. The first-order valence-electron chi connectivity index (χ1n) is 3.44. The fourth-order valence-electron chi connectivity index (χ4n) is 0.637. The van der Waals surface area contributed by atoms with E-state index in [2.05, 4.69) is 23.8 Å². The fourth-order valence-corrected chi connectivity index (χ4v) is 1.80. The standard InChI is InChI=1S/C7H8Cl2N2S/c1-4(2)12-6-5(8)3-10-7(9)11-6/h3-4H,1-2H3. The van der Waals surface area contributed by atoms with E-state index in [1.165, 1.54) is 6.20 Å². The molecular weight excluding hydrogens is 215 g/mol. The number of aromatic nitrogens is 2. The summed E-state index contributed by atoms with van der Waals surface area (Å²) >= 11 is 13.0. The third-order valence-electron chi connectivity index (χ3n) is 1.03. The van der Waals surface area contributed by atoms with Crippen LogP contribution in [0.25, 0.3) is 0 Å². The van der Waals surface area contributed by atoms with E-state index in [0.29, 0.717) is 10.3 Å². The molecule has 1 aromatic rings. The van der Waals surface area contributed by atoms with Crippen LogP contribution in [0.4, 0.5) is 0 Å². The normalized spacial score (nSPS) is 10.8. The Labute approximate surface area is 85.7 Å². The van der Waals surface area contributed by atoms with Crippen molar-refractivity contribution in [2.75, 3.05) is 0 Å². The molecule has 0 saturated heterocycles. The molecule has 0 aliphatic carbocycles. The van der Waals surface area contributed by atoms with Crippen molar-refractivity contribution >= 4 is 35.0 Å². The van der Waals surface area contributed by atoms with Crippen molar-refractivity contribution in [3.63, 3.8) is 0 Å². The molecule has 0 aliphatic rings. The van der Waals surface area contributed by atoms with E-state index >= 15 is 0 Å². The first-order valence-corrected chi connectivity index (χ1v) is 5.08. The molecule has 2 nitrogen and oxygen atoms in total. The molecule has 0 fully saturated rings. The van der Waals surface area contributed by atoms with Gasteiger partial charge in [0.15, 0.2) is 0 Å². The smallest absolute Gasteiger partial charge is 0.223 e. The molecule has 0 bridgehead atoms. The van der Waals surface area contributed by atoms with E-state index in [4.69, 9.17) is 23.2 Å². The average Bonchev–Trinajstić information content (AvgIpc) is 1.96. The van der Waals surface area contributed by atoms with Crippen LogP contribution in [0.2, 0.25) is 10.3 Å². The van der Waals surface area contributed by atoms with Crippen molar-refractivity contribution < 1.29 is 0 Å². The Morgan fingerprint density at radius 1 is 1.42 bits per heavy atom. The zero-order chi connectivity index (χ0) is 9.14. The van der Waals surface area contributed by atoms with Gasteiger partial charge in [-0.1, -0.05) is 25.4 Å². The second kappa shape index (κ2) is 4.30. The Bertz CT molecular complexity index is 278. The summed E-state index contributed by atoms with van der Waals surface area (Å²) in [6.07, 6.45) is 1.52. The van der Waals surface area contributed by atoms with Gasteiger partial charge in [0.2, 0.25) is 5.28 Å². The van der Waals surface area contributed by atoms with Gasteiger partial charge >= 0.3 is 0 Å². The van der Waals surface area contributed by atoms with E-state index in [1.807, 2.05) is 0 Å². The van der Waals surface area contributed by atoms with Crippen molar-refractivity contribution in [1.29, 1.82) is 0 Å². The van der Waals surface area contributed by atoms with Gasteiger partial charge in [-0.25, -0.2) is 9.97 Å². The van der Waals surface area contributed by atoms with E-state index in [9.17, 15) is 0 Å². The molecule has 5 heteroatoms. The average molecular weight is 223 g/mol. The molecule has 0 amide bonds. The Balaban J connectivity index is 2.90. The predicted octanol–water partition coefficient (Wildman–Crippen LogP) is 3.28. The summed E-state index contributed by atoms with van der Waals surface area (Å²) in [4.78, 5) is 7.75. The molecule has 12 heavy (non-hydrogen) atoms. The minimum Gasteiger partial charge on any atom is -0.225 e. The lowest BCUT2D eigenvalue weighted by Crippen LogP contribution is -1.91. The number of rotatable bonds is 2. The zero-order valence-electron chi connectivity index (χ0n) is 6.71. The topological polar surface area (TPSA) is 25.8 Å². The predicted molar refractivity (Wildman–Crippen MR) is 53.0 cm³/mol. The van der Waals surface area contributed by atoms with Gasteiger partial charge in [-0.3, -0.25) is 0 Å². The van der Waals surface area contributed by atoms with Crippen molar-refractivity contribution in [2.24, 2.45) is 0 Å². The molecular formula is C7H8Cl2N2S. The van der Waals surface area contributed by atoms with Crippen molar-refractivity contribution in [1.82, 2.24) is 9.97 Å². The number of hydrogen-bond acceptors (Lipinski definition) is 3. The molecule has 0 atom stereocenters. The quantitative estimate of drug-likeness (QED) is 0.437. The molecule has 0 radical (unpaired) electrons. The fraction of sp³-hybridized carbons (Fsp3) is 0.429. The van der Waals surface area contributed by atoms with Crippen LogP contribution in [0.15, 0.2) is 11.2 Å². The summed E-state index contributed by atoms with van der Waals surface area (Å²) in [5.41, 5.74) is 0. The maximum atomic E-state index is 5.84. The van der Waals surface area contributed by atoms with Crippen LogP contribution in [0.1, 0.15) is 13.8 Å². The lowest BCUT2D eigenvalue weighted by Gasteiger charge is -2.04. The molecule has 66 valence electrons. The maximum absolute atomic E-state index is 5.84. The molecule has 0 aliphatic heterocycles. The van der Waals surface area contributed by atoms with E-state index in [-0.39, 0.29) is 5.28 Å². The van der Waals surface area contributed by atoms with Crippen LogP contribution in [-0.4, -0.2) is 15.2 Å². The van der Waals surface area contributed by atoms with Crippen LogP contribution in [0, 0.1) is 0 Å². The number of nitrogens with zero attached hydrogens (tertiary/aromatic N) is 2. The second-order valence-electron chi connectivity index (χ2n) is 2.46. The van der Waals surface area contributed by atoms with Gasteiger partial charge in [-0.05, 0) is 11.6 Å². The maximum Gasteiger partial charge on any atom is 0.223 e. The van der Waals surface area contributed by atoms with Crippen LogP contribution >= 0.6 is 35.0 Å². The third-order valence-corrected chi connectivity index (χ3v) is 2.61. The molecule has 0 saturated carbocycles. The van der Waals surface area contributed by atoms with Crippen molar-refractivity contribution in [3.8, 4) is 0 Å². The summed E-state index contributed by atoms with van der Waals surface area (Å²) in [6.45, 7) is 4.13. The minimum atomic E-state index is 0.238. The Kier molecular flexibility index (Phi) is 3.62. The highest BCUT2D eigenvalue weighted by atomic mass is 35.5. The minimum absolute atomic E-state index is 0.238. The molecule has 1 rings (SSSR count). The first-order chi connectivity index (χ1) is 5.59. The van der Waals surface area contributed by atoms with Crippen LogP contribution in [0.3, 0.4) is 0 Å². The van der Waals surface area contributed by atoms with E-state index in [1.54, 1.807) is 11.8 Å². The molecule has 0 aromatic carbocycles. The third kappa shape index (κ3) is 2.81. The van der Waals surface area contributed by atoms with Gasteiger partial charge in [0.25, 0.3) is 0 Å². The molecule has 0 unspecified atom stereocenters. The van der Waals surface area contributed by atoms with Crippen molar-refractivity contribution in [2.45, 2.75) is 24.1 Å². The second-order valence-corrected chi connectivity index (χ2v) is 4.77. The van der Waals surface area contributed by atoms with Crippen LogP contribution in [0.5, 0.6) is 0 Å². The van der Waals surface area contributed by atoms with Gasteiger partial charge in [0.1, 0.15) is 5.03 Å². The highest BCUT2D eigenvalue weighted by Gasteiger charge is 2.06. The Morgan fingerprint density at radius 2 is 2.08 bits per heavy atom. The SMILES string of the molecule is CC(C)Sc1nc(Cl)ncc1Cl. The number of halogens is 2. The lowest BCUT2D eigenvalue weighted by molar-refractivity contribution is 1.03. The molecule has 0 N–H and O–H groups in total. The Hall–Kier alpha value is 0.01000. The van der Waals surface area contributed by atoms with Gasteiger partial charge < -0.3 is 0 Å². The van der Waals surface area contributed by atoms with Crippen LogP contribution in [-0.2, 0) is 0 Å². The van der Waals surface area contributed by atoms with Gasteiger partial charge in [0.05, 0.1) is 11.2 Å². The molecule has 1 aromatic heterocycles. The van der Waals surface area contributed by atoms with E-state index in [0.717, 1.165) is 5.03 Å². The highest BCUT2D eigenvalue weighted by Crippen LogP contribution is 2.28. The van der Waals surface area contributed by atoms with Gasteiger partial charge in [0, 0.05) is 5.25 Å². The summed E-state index contributed by atoms with van der Waals surface area (Å²) in [5, 5.41) is 1.97. The number of hydrogen-bond donors (Lipinski definition) is 0. The van der Waals surface area contributed by atoms with E-state index < -0.39 is 0 Å². The van der Waals surface area contributed by atoms with Gasteiger partial charge in [-0.15, -0.1) is 11.8 Å². The van der Waals surface area contributed by atoms with Gasteiger partial charge in [-0.2, -0.15) is 0 Å². The summed E-state index contributed by atoms with van der Waals surface area (Å²) in [6, 6.07) is 0. The van der Waals surface area contributed by atoms with Crippen LogP contribution < -0.4 is 0 Å². The lowest BCUT2D eigenvalue weighted by atomic mass is 10.6.